The Morgan fingerprint density at radius 3 is 2.90 bits per heavy atom. The average Bonchev–Trinajstić information content (AvgIpc) is 3.00. The predicted molar refractivity (Wildman–Crippen MR) is 85.5 cm³/mol. The minimum Gasteiger partial charge on any atom is -0.305 e. The van der Waals surface area contributed by atoms with Gasteiger partial charge >= 0.3 is 0 Å². The van der Waals surface area contributed by atoms with Crippen LogP contribution in [0.3, 0.4) is 0 Å². The van der Waals surface area contributed by atoms with Crippen LogP contribution in [0.2, 0.25) is 5.02 Å². The molecule has 3 rings (SSSR count). The van der Waals surface area contributed by atoms with Gasteiger partial charge in [-0.05, 0) is 36.2 Å². The van der Waals surface area contributed by atoms with E-state index in [4.69, 9.17) is 11.6 Å². The zero-order valence-electron chi connectivity index (χ0n) is 11.7. The molecule has 0 saturated carbocycles. The Kier molecular flexibility index (Phi) is 3.97. The molecule has 0 fully saturated rings. The summed E-state index contributed by atoms with van der Waals surface area (Å²) in [6, 6.07) is 6.83. The monoisotopic (exact) mass is 323 g/mol. The molecule has 1 atom stereocenters. The smallest absolute Gasteiger partial charge is 0.123 e. The van der Waals surface area contributed by atoms with Crippen molar-refractivity contribution in [3.8, 4) is 0 Å². The van der Waals surface area contributed by atoms with Gasteiger partial charge in [-0.25, -0.2) is 4.39 Å². The Labute approximate surface area is 131 Å². The molecule has 3 aromatic rings. The molecule has 2 heterocycles. The molecule has 1 aromatic carbocycles. The minimum absolute atomic E-state index is 0.0459. The molecule has 2 aromatic heterocycles. The van der Waals surface area contributed by atoms with Crippen LogP contribution in [-0.2, 0) is 7.05 Å². The third-order valence-corrected chi connectivity index (χ3v) is 4.87. The second-order valence-electron chi connectivity index (χ2n) is 4.82. The topological polar surface area (TPSA) is 29.9 Å². The molecule has 0 radical (unpaired) electrons. The number of aromatic nitrogens is 2. The third kappa shape index (κ3) is 2.69. The number of aryl methyl sites for hydroxylation is 1. The van der Waals surface area contributed by atoms with Crippen molar-refractivity contribution in [2.24, 2.45) is 7.05 Å². The summed E-state index contributed by atoms with van der Waals surface area (Å²) in [5.74, 6) is -0.217. The molecule has 0 aliphatic carbocycles. The van der Waals surface area contributed by atoms with Gasteiger partial charge in [0.2, 0.25) is 0 Å². The summed E-state index contributed by atoms with van der Waals surface area (Å²) in [5, 5.41) is 9.18. The summed E-state index contributed by atoms with van der Waals surface area (Å²) < 4.78 is 16.2. The van der Waals surface area contributed by atoms with Gasteiger partial charge in [0.15, 0.2) is 0 Å². The fraction of sp³-hybridized carbons (Fsp3) is 0.267. The molecule has 110 valence electrons. The largest absolute Gasteiger partial charge is 0.305 e. The Hall–Kier alpha value is -1.43. The highest BCUT2D eigenvalue weighted by Gasteiger charge is 2.22. The van der Waals surface area contributed by atoms with E-state index in [0.29, 0.717) is 5.02 Å². The van der Waals surface area contributed by atoms with E-state index in [9.17, 15) is 4.39 Å². The van der Waals surface area contributed by atoms with Crippen molar-refractivity contribution < 1.29 is 4.39 Å². The molecule has 0 spiro atoms. The summed E-state index contributed by atoms with van der Waals surface area (Å²) in [4.78, 5) is 1.10. The molecule has 1 unspecified atom stereocenters. The second-order valence-corrected chi connectivity index (χ2v) is 6.35. The van der Waals surface area contributed by atoms with E-state index in [2.05, 4.69) is 10.4 Å². The van der Waals surface area contributed by atoms with Gasteiger partial charge in [-0.3, -0.25) is 4.68 Å². The zero-order valence-corrected chi connectivity index (χ0v) is 13.3. The highest BCUT2D eigenvalue weighted by atomic mass is 35.5. The highest BCUT2D eigenvalue weighted by molar-refractivity contribution is 7.19. The zero-order chi connectivity index (χ0) is 15.0. The van der Waals surface area contributed by atoms with Crippen molar-refractivity contribution >= 4 is 33.0 Å². The molecule has 0 aliphatic rings. The van der Waals surface area contributed by atoms with Gasteiger partial charge in [0.25, 0.3) is 0 Å². The quantitative estimate of drug-likeness (QED) is 0.782. The maximum Gasteiger partial charge on any atom is 0.123 e. The molecule has 6 heteroatoms. The van der Waals surface area contributed by atoms with E-state index >= 15 is 0 Å². The lowest BCUT2D eigenvalue weighted by Gasteiger charge is -2.17. The van der Waals surface area contributed by atoms with Crippen LogP contribution in [-0.4, -0.2) is 16.3 Å². The lowest BCUT2D eigenvalue weighted by atomic mass is 10.1. The summed E-state index contributed by atoms with van der Waals surface area (Å²) in [6.45, 7) is 2.85. The first-order valence-corrected chi connectivity index (χ1v) is 7.89. The molecule has 3 nitrogen and oxygen atoms in total. The first-order chi connectivity index (χ1) is 10.1. The van der Waals surface area contributed by atoms with Gasteiger partial charge < -0.3 is 5.32 Å². The van der Waals surface area contributed by atoms with E-state index in [1.807, 2.05) is 26.1 Å². The summed E-state index contributed by atoms with van der Waals surface area (Å²) in [5.41, 5.74) is 0.922. The molecular formula is C15H15ClFN3S. The molecule has 21 heavy (non-hydrogen) atoms. The number of rotatable bonds is 4. The second kappa shape index (κ2) is 5.75. The van der Waals surface area contributed by atoms with Crippen molar-refractivity contribution in [3.05, 3.63) is 51.9 Å². The number of hydrogen-bond donors (Lipinski definition) is 1. The first-order valence-electron chi connectivity index (χ1n) is 6.70. The van der Waals surface area contributed by atoms with Crippen molar-refractivity contribution in [2.45, 2.75) is 13.0 Å². The van der Waals surface area contributed by atoms with Gasteiger partial charge in [0.05, 0.1) is 23.0 Å². The van der Waals surface area contributed by atoms with Crippen molar-refractivity contribution in [1.29, 1.82) is 0 Å². The Morgan fingerprint density at radius 2 is 2.24 bits per heavy atom. The van der Waals surface area contributed by atoms with E-state index in [1.165, 1.54) is 6.07 Å². The SMILES string of the molecule is CCNC(c1cc2cc(F)ccc2s1)c1c(Cl)cnn1C. The number of thiophene rings is 1. The van der Waals surface area contributed by atoms with Crippen LogP contribution >= 0.6 is 22.9 Å². The molecule has 0 saturated heterocycles. The number of halogens is 2. The lowest BCUT2D eigenvalue weighted by molar-refractivity contribution is 0.579. The standard InChI is InChI=1S/C15H15ClFN3S/c1-3-18-14(15-11(16)8-19-20(15)2)13-7-9-6-10(17)4-5-12(9)21-13/h4-8,14,18H,3H2,1-2H3. The van der Waals surface area contributed by atoms with Crippen LogP contribution in [0.1, 0.15) is 23.5 Å². The number of nitrogens with one attached hydrogen (secondary N) is 1. The molecule has 0 aliphatic heterocycles. The molecular weight excluding hydrogens is 309 g/mol. The van der Waals surface area contributed by atoms with Crippen molar-refractivity contribution in [1.82, 2.24) is 15.1 Å². The maximum absolute atomic E-state index is 13.4. The lowest BCUT2D eigenvalue weighted by Crippen LogP contribution is -2.23. The van der Waals surface area contributed by atoms with Gasteiger partial charge in [-0.15, -0.1) is 11.3 Å². The van der Waals surface area contributed by atoms with Crippen LogP contribution in [0.15, 0.2) is 30.5 Å². The minimum atomic E-state index is -0.217. The van der Waals surface area contributed by atoms with Gasteiger partial charge in [0, 0.05) is 16.6 Å². The van der Waals surface area contributed by atoms with Crippen molar-refractivity contribution in [3.63, 3.8) is 0 Å². The third-order valence-electron chi connectivity index (χ3n) is 3.40. The highest BCUT2D eigenvalue weighted by Crippen LogP contribution is 2.35. The molecule has 0 amide bonds. The Balaban J connectivity index is 2.11. The van der Waals surface area contributed by atoms with Crippen LogP contribution in [0.25, 0.3) is 10.1 Å². The van der Waals surface area contributed by atoms with E-state index in [-0.39, 0.29) is 11.9 Å². The van der Waals surface area contributed by atoms with Gasteiger partial charge in [-0.1, -0.05) is 18.5 Å². The normalized spacial score (nSPS) is 13.0. The molecule has 1 N–H and O–H groups in total. The van der Waals surface area contributed by atoms with E-state index in [1.54, 1.807) is 28.3 Å². The van der Waals surface area contributed by atoms with Crippen LogP contribution in [0.5, 0.6) is 0 Å². The number of nitrogens with zero attached hydrogens (tertiary/aromatic N) is 2. The maximum atomic E-state index is 13.4. The fourth-order valence-corrected chi connectivity index (χ4v) is 3.86. The van der Waals surface area contributed by atoms with Gasteiger partial charge in [-0.2, -0.15) is 5.10 Å². The van der Waals surface area contributed by atoms with Crippen LogP contribution < -0.4 is 5.32 Å². The number of benzene rings is 1. The van der Waals surface area contributed by atoms with Gasteiger partial charge in [0.1, 0.15) is 5.82 Å². The average molecular weight is 324 g/mol. The van der Waals surface area contributed by atoms with E-state index < -0.39 is 0 Å². The van der Waals surface area contributed by atoms with Crippen molar-refractivity contribution in [2.75, 3.05) is 6.54 Å². The fourth-order valence-electron chi connectivity index (χ4n) is 2.46. The van der Waals surface area contributed by atoms with Crippen LogP contribution in [0.4, 0.5) is 4.39 Å². The number of hydrogen-bond acceptors (Lipinski definition) is 3. The summed E-state index contributed by atoms with van der Waals surface area (Å²) >= 11 is 7.91. The first kappa shape index (κ1) is 14.5. The predicted octanol–water partition coefficient (Wildman–Crippen LogP) is 4.13. The Bertz CT molecular complexity index is 761. The number of fused-ring (bicyclic) bond motifs is 1. The Morgan fingerprint density at radius 1 is 1.43 bits per heavy atom. The van der Waals surface area contributed by atoms with E-state index in [0.717, 1.165) is 27.2 Å². The summed E-state index contributed by atoms with van der Waals surface area (Å²) in [7, 11) is 1.87. The molecule has 0 bridgehead atoms. The van der Waals surface area contributed by atoms with Crippen LogP contribution in [0, 0.1) is 5.82 Å². The summed E-state index contributed by atoms with van der Waals surface area (Å²) in [6.07, 6.45) is 1.65.